The molecule has 5 heteroatoms. The smallest absolute Gasteiger partial charge is 0.147 e. The molecule has 1 unspecified atom stereocenters. The fourth-order valence-corrected chi connectivity index (χ4v) is 2.28. The van der Waals surface area contributed by atoms with Crippen LogP contribution >= 0.6 is 15.9 Å². The van der Waals surface area contributed by atoms with E-state index in [2.05, 4.69) is 28.2 Å². The second-order valence-electron chi connectivity index (χ2n) is 4.77. The van der Waals surface area contributed by atoms with Crippen molar-refractivity contribution in [1.82, 2.24) is 0 Å². The van der Waals surface area contributed by atoms with Gasteiger partial charge in [0, 0.05) is 17.6 Å². The maximum atomic E-state index is 13.5. The molecule has 0 aromatic heterocycles. The molecule has 1 rings (SSSR count). The van der Waals surface area contributed by atoms with E-state index in [9.17, 15) is 9.50 Å². The molecule has 0 aliphatic rings. The van der Waals surface area contributed by atoms with Crippen LogP contribution in [0.5, 0.6) is 0 Å². The molecule has 0 saturated carbocycles. The van der Waals surface area contributed by atoms with Crippen LogP contribution in [-0.2, 0) is 4.74 Å². The Morgan fingerprint density at radius 1 is 1.35 bits per heavy atom. The molecule has 3 nitrogen and oxygen atoms in total. The molecule has 0 spiro atoms. The summed E-state index contributed by atoms with van der Waals surface area (Å²) < 4.78 is 19.6. The van der Waals surface area contributed by atoms with Crippen LogP contribution in [0.4, 0.5) is 10.1 Å². The Morgan fingerprint density at radius 3 is 2.85 bits per heavy atom. The summed E-state index contributed by atoms with van der Waals surface area (Å²) in [5.74, 6) is -0.341. The molecule has 0 radical (unpaired) electrons. The van der Waals surface area contributed by atoms with E-state index in [0.717, 1.165) is 12.8 Å². The lowest BCUT2D eigenvalue weighted by Crippen LogP contribution is -2.25. The Morgan fingerprint density at radius 2 is 2.15 bits per heavy atom. The highest BCUT2D eigenvalue weighted by atomic mass is 79.9. The second kappa shape index (κ2) is 10.1. The number of aliphatic hydroxyl groups excluding tert-OH is 1. The highest BCUT2D eigenvalue weighted by Crippen LogP contribution is 2.24. The Balaban J connectivity index is 2.18. The first-order valence-electron chi connectivity index (χ1n) is 7.08. The van der Waals surface area contributed by atoms with Crippen LogP contribution in [-0.4, -0.2) is 31.0 Å². The van der Waals surface area contributed by atoms with Gasteiger partial charge < -0.3 is 15.2 Å². The summed E-state index contributed by atoms with van der Waals surface area (Å²) in [7, 11) is 0. The first kappa shape index (κ1) is 17.4. The fourth-order valence-electron chi connectivity index (χ4n) is 1.80. The molecule has 0 aliphatic carbocycles. The van der Waals surface area contributed by atoms with E-state index >= 15 is 0 Å². The van der Waals surface area contributed by atoms with Gasteiger partial charge in [-0.05, 0) is 34.5 Å². The third-order valence-electron chi connectivity index (χ3n) is 2.93. The van der Waals surface area contributed by atoms with Crippen LogP contribution in [0.25, 0.3) is 0 Å². The number of hydrogen-bond donors (Lipinski definition) is 2. The summed E-state index contributed by atoms with van der Waals surface area (Å²) in [4.78, 5) is 0. The third kappa shape index (κ3) is 6.68. The van der Waals surface area contributed by atoms with Crippen LogP contribution in [0.2, 0.25) is 0 Å². The molecule has 20 heavy (non-hydrogen) atoms. The van der Waals surface area contributed by atoms with Crippen LogP contribution in [0.1, 0.15) is 32.6 Å². The predicted octanol–water partition coefficient (Wildman–Crippen LogP) is 3.96. The first-order valence-corrected chi connectivity index (χ1v) is 7.88. The second-order valence-corrected chi connectivity index (χ2v) is 5.62. The molecule has 0 heterocycles. The highest BCUT2D eigenvalue weighted by molar-refractivity contribution is 9.10. The number of aliphatic hydroxyl groups is 1. The lowest BCUT2D eigenvalue weighted by atomic mass is 10.2. The van der Waals surface area contributed by atoms with Gasteiger partial charge in [0.2, 0.25) is 0 Å². The largest absolute Gasteiger partial charge is 0.389 e. The van der Waals surface area contributed by atoms with Gasteiger partial charge in [0.15, 0.2) is 0 Å². The van der Waals surface area contributed by atoms with E-state index in [-0.39, 0.29) is 19.0 Å². The normalized spacial score (nSPS) is 12.4. The van der Waals surface area contributed by atoms with E-state index in [1.165, 1.54) is 18.9 Å². The summed E-state index contributed by atoms with van der Waals surface area (Å²) in [6, 6.07) is 4.76. The van der Waals surface area contributed by atoms with Crippen LogP contribution in [0, 0.1) is 5.82 Å². The van der Waals surface area contributed by atoms with E-state index in [1.54, 1.807) is 12.1 Å². The quantitative estimate of drug-likeness (QED) is 0.629. The summed E-state index contributed by atoms with van der Waals surface area (Å²) in [5, 5.41) is 12.7. The molecule has 0 aliphatic heterocycles. The zero-order valence-corrected chi connectivity index (χ0v) is 13.5. The molecular formula is C15H23BrFNO2. The van der Waals surface area contributed by atoms with Gasteiger partial charge in [0.05, 0.1) is 18.4 Å². The number of unbranched alkanes of at least 4 members (excludes halogenated alkanes) is 3. The summed E-state index contributed by atoms with van der Waals surface area (Å²) in [6.45, 7) is 3.36. The molecule has 1 atom stereocenters. The number of anilines is 1. The van der Waals surface area contributed by atoms with E-state index < -0.39 is 6.10 Å². The van der Waals surface area contributed by atoms with Gasteiger partial charge in [-0.3, -0.25) is 0 Å². The van der Waals surface area contributed by atoms with Crippen molar-refractivity contribution in [2.24, 2.45) is 0 Å². The van der Waals surface area contributed by atoms with Gasteiger partial charge in [0.25, 0.3) is 0 Å². The minimum atomic E-state index is -0.646. The third-order valence-corrected chi connectivity index (χ3v) is 3.59. The molecule has 1 aromatic rings. The standard InChI is InChI=1S/C15H23BrFNO2/c1-2-3-4-5-9-20-11-12(19)10-18-15-13(16)7-6-8-14(15)17/h6-8,12,18-19H,2-5,9-11H2,1H3. The molecule has 1 aromatic carbocycles. The first-order chi connectivity index (χ1) is 9.65. The number of benzene rings is 1. The number of halogens is 2. The number of rotatable bonds is 10. The number of ether oxygens (including phenoxy) is 1. The summed E-state index contributed by atoms with van der Waals surface area (Å²) in [5.41, 5.74) is 0.370. The maximum absolute atomic E-state index is 13.5. The van der Waals surface area contributed by atoms with Crippen molar-refractivity contribution >= 4 is 21.6 Å². The minimum absolute atomic E-state index is 0.258. The van der Waals surface area contributed by atoms with Crippen molar-refractivity contribution in [2.75, 3.05) is 25.1 Å². The zero-order valence-electron chi connectivity index (χ0n) is 11.9. The predicted molar refractivity (Wildman–Crippen MR) is 83.6 cm³/mol. The van der Waals surface area contributed by atoms with Gasteiger partial charge in [-0.15, -0.1) is 0 Å². The van der Waals surface area contributed by atoms with Crippen molar-refractivity contribution in [3.8, 4) is 0 Å². The molecule has 0 bridgehead atoms. The van der Waals surface area contributed by atoms with Gasteiger partial charge >= 0.3 is 0 Å². The van der Waals surface area contributed by atoms with E-state index in [1.807, 2.05) is 0 Å². The van der Waals surface area contributed by atoms with Crippen molar-refractivity contribution in [1.29, 1.82) is 0 Å². The van der Waals surface area contributed by atoms with Crippen molar-refractivity contribution in [2.45, 2.75) is 38.7 Å². The Labute approximate surface area is 128 Å². The van der Waals surface area contributed by atoms with Crippen LogP contribution < -0.4 is 5.32 Å². The average molecular weight is 348 g/mol. The Hall–Kier alpha value is -0.650. The van der Waals surface area contributed by atoms with Crippen LogP contribution in [0.15, 0.2) is 22.7 Å². The topological polar surface area (TPSA) is 41.5 Å². The molecule has 2 N–H and O–H groups in total. The van der Waals surface area contributed by atoms with E-state index in [4.69, 9.17) is 4.74 Å². The average Bonchev–Trinajstić information content (AvgIpc) is 2.42. The maximum Gasteiger partial charge on any atom is 0.147 e. The van der Waals surface area contributed by atoms with Crippen molar-refractivity contribution < 1.29 is 14.2 Å². The van der Waals surface area contributed by atoms with Crippen molar-refractivity contribution in [3.05, 3.63) is 28.5 Å². The van der Waals surface area contributed by atoms with Crippen LogP contribution in [0.3, 0.4) is 0 Å². The fraction of sp³-hybridized carbons (Fsp3) is 0.600. The molecule has 114 valence electrons. The van der Waals surface area contributed by atoms with Gasteiger partial charge in [0.1, 0.15) is 5.82 Å². The summed E-state index contributed by atoms with van der Waals surface area (Å²) >= 11 is 3.27. The lowest BCUT2D eigenvalue weighted by molar-refractivity contribution is 0.0416. The van der Waals surface area contributed by atoms with Crippen molar-refractivity contribution in [3.63, 3.8) is 0 Å². The highest BCUT2D eigenvalue weighted by Gasteiger charge is 2.09. The van der Waals surface area contributed by atoms with E-state index in [0.29, 0.717) is 16.8 Å². The number of para-hydroxylation sites is 1. The summed E-state index contributed by atoms with van der Waals surface area (Å²) in [6.07, 6.45) is 3.95. The number of hydrogen-bond acceptors (Lipinski definition) is 3. The SMILES string of the molecule is CCCCCCOCC(O)CNc1c(F)cccc1Br. The van der Waals surface area contributed by atoms with Gasteiger partial charge in [-0.25, -0.2) is 4.39 Å². The molecule has 0 fully saturated rings. The Bertz CT molecular complexity index is 370. The zero-order chi connectivity index (χ0) is 14.8. The molecule has 0 saturated heterocycles. The Kier molecular flexibility index (Phi) is 8.82. The monoisotopic (exact) mass is 347 g/mol. The minimum Gasteiger partial charge on any atom is -0.389 e. The van der Waals surface area contributed by atoms with Gasteiger partial charge in [-0.1, -0.05) is 32.3 Å². The van der Waals surface area contributed by atoms with Gasteiger partial charge in [-0.2, -0.15) is 0 Å². The number of nitrogens with one attached hydrogen (secondary N) is 1. The molecule has 0 amide bonds. The molecular weight excluding hydrogens is 325 g/mol. The lowest BCUT2D eigenvalue weighted by Gasteiger charge is -2.14.